The Morgan fingerprint density at radius 1 is 1.38 bits per heavy atom. The van der Waals surface area contributed by atoms with Gasteiger partial charge >= 0.3 is 0 Å². The lowest BCUT2D eigenvalue weighted by Gasteiger charge is -1.99. The van der Waals surface area contributed by atoms with Crippen molar-refractivity contribution < 1.29 is 9.63 Å². The molecule has 0 fully saturated rings. The molecule has 1 heterocycles. The molecule has 2 aromatic rings. The van der Waals surface area contributed by atoms with Crippen molar-refractivity contribution in [3.05, 3.63) is 42.3 Å². The highest BCUT2D eigenvalue weighted by atomic mass is 16.5. The van der Waals surface area contributed by atoms with Gasteiger partial charge < -0.3 is 9.63 Å². The van der Waals surface area contributed by atoms with Crippen LogP contribution >= 0.6 is 0 Å². The molecular formula is C12H12N2O2. The zero-order valence-electron chi connectivity index (χ0n) is 8.97. The molecule has 0 amide bonds. The van der Waals surface area contributed by atoms with Gasteiger partial charge in [-0.25, -0.2) is 0 Å². The van der Waals surface area contributed by atoms with Crippen LogP contribution in [-0.4, -0.2) is 15.2 Å². The van der Waals surface area contributed by atoms with Crippen LogP contribution in [-0.2, 0) is 6.61 Å². The molecule has 0 aliphatic heterocycles. The van der Waals surface area contributed by atoms with Crippen LogP contribution in [0.2, 0.25) is 0 Å². The smallest absolute Gasteiger partial charge is 0.252 e. The van der Waals surface area contributed by atoms with Crippen molar-refractivity contribution in [3.63, 3.8) is 0 Å². The Morgan fingerprint density at radius 3 is 2.56 bits per heavy atom. The molecule has 0 spiro atoms. The standard InChI is InChI=1S/C12H12N2O2/c1-8(2)9-3-5-10(6-4-9)12-13-11(7-15)16-14-12/h3-6,15H,1,7H2,2H3. The monoisotopic (exact) mass is 216 g/mol. The Morgan fingerprint density at radius 2 is 2.06 bits per heavy atom. The SMILES string of the molecule is C=C(C)c1ccc(-c2noc(CO)n2)cc1. The Kier molecular flexibility index (Phi) is 2.83. The summed E-state index contributed by atoms with van der Waals surface area (Å²) in [4.78, 5) is 4.02. The summed E-state index contributed by atoms with van der Waals surface area (Å²) in [5.41, 5.74) is 2.94. The van der Waals surface area contributed by atoms with E-state index in [-0.39, 0.29) is 12.5 Å². The van der Waals surface area contributed by atoms with E-state index >= 15 is 0 Å². The van der Waals surface area contributed by atoms with Crippen LogP contribution in [0.3, 0.4) is 0 Å². The summed E-state index contributed by atoms with van der Waals surface area (Å²) in [5.74, 6) is 0.705. The van der Waals surface area contributed by atoms with Gasteiger partial charge in [0.15, 0.2) is 0 Å². The highest BCUT2D eigenvalue weighted by Gasteiger charge is 2.07. The summed E-state index contributed by atoms with van der Waals surface area (Å²) in [6.45, 7) is 5.57. The summed E-state index contributed by atoms with van der Waals surface area (Å²) in [5, 5.41) is 12.6. The summed E-state index contributed by atoms with van der Waals surface area (Å²) in [7, 11) is 0. The number of aliphatic hydroxyl groups is 1. The number of aliphatic hydroxyl groups excluding tert-OH is 1. The number of hydrogen-bond acceptors (Lipinski definition) is 4. The highest BCUT2D eigenvalue weighted by molar-refractivity contribution is 5.65. The lowest BCUT2D eigenvalue weighted by Crippen LogP contribution is -1.84. The molecule has 16 heavy (non-hydrogen) atoms. The van der Waals surface area contributed by atoms with Crippen LogP contribution in [0, 0.1) is 0 Å². The van der Waals surface area contributed by atoms with Gasteiger partial charge in [-0.2, -0.15) is 4.98 Å². The fraction of sp³-hybridized carbons (Fsp3) is 0.167. The first kappa shape index (κ1) is 10.6. The van der Waals surface area contributed by atoms with E-state index in [9.17, 15) is 0 Å². The average molecular weight is 216 g/mol. The second-order valence-electron chi connectivity index (χ2n) is 3.53. The zero-order chi connectivity index (χ0) is 11.5. The molecule has 0 saturated heterocycles. The highest BCUT2D eigenvalue weighted by Crippen LogP contribution is 2.19. The minimum atomic E-state index is -0.239. The Bertz CT molecular complexity index is 500. The molecule has 2 rings (SSSR count). The predicted octanol–water partition coefficient (Wildman–Crippen LogP) is 2.26. The normalized spacial score (nSPS) is 10.4. The van der Waals surface area contributed by atoms with Crippen molar-refractivity contribution in [1.82, 2.24) is 10.1 Å². The quantitative estimate of drug-likeness (QED) is 0.854. The molecule has 0 atom stereocenters. The fourth-order valence-corrected chi connectivity index (χ4v) is 1.34. The van der Waals surface area contributed by atoms with Gasteiger partial charge in [0, 0.05) is 5.56 Å². The number of nitrogens with zero attached hydrogens (tertiary/aromatic N) is 2. The number of hydrogen-bond donors (Lipinski definition) is 1. The van der Waals surface area contributed by atoms with Crippen LogP contribution in [0.4, 0.5) is 0 Å². The van der Waals surface area contributed by atoms with Crippen LogP contribution < -0.4 is 0 Å². The number of allylic oxidation sites excluding steroid dienone is 1. The first-order valence-corrected chi connectivity index (χ1v) is 4.90. The number of rotatable bonds is 3. The molecule has 0 bridgehead atoms. The Labute approximate surface area is 93.2 Å². The molecule has 4 nitrogen and oxygen atoms in total. The fourth-order valence-electron chi connectivity index (χ4n) is 1.34. The third kappa shape index (κ3) is 2.01. The predicted molar refractivity (Wildman–Crippen MR) is 60.4 cm³/mol. The van der Waals surface area contributed by atoms with E-state index in [0.717, 1.165) is 16.7 Å². The second-order valence-corrected chi connectivity index (χ2v) is 3.53. The van der Waals surface area contributed by atoms with E-state index in [1.54, 1.807) is 0 Å². The Balaban J connectivity index is 2.30. The molecule has 1 N–H and O–H groups in total. The average Bonchev–Trinajstić information content (AvgIpc) is 2.77. The molecule has 0 saturated carbocycles. The lowest BCUT2D eigenvalue weighted by atomic mass is 10.1. The van der Waals surface area contributed by atoms with Gasteiger partial charge in [-0.05, 0) is 12.5 Å². The van der Waals surface area contributed by atoms with E-state index in [1.807, 2.05) is 31.2 Å². The third-order valence-electron chi connectivity index (χ3n) is 2.24. The molecule has 4 heteroatoms. The van der Waals surface area contributed by atoms with Crippen molar-refractivity contribution in [1.29, 1.82) is 0 Å². The van der Waals surface area contributed by atoms with Gasteiger partial charge in [0.2, 0.25) is 5.82 Å². The van der Waals surface area contributed by atoms with E-state index in [0.29, 0.717) is 5.82 Å². The maximum Gasteiger partial charge on any atom is 0.252 e. The summed E-state index contributed by atoms with van der Waals surface area (Å²) in [6.07, 6.45) is 0. The van der Waals surface area contributed by atoms with E-state index in [2.05, 4.69) is 16.7 Å². The molecule has 0 radical (unpaired) electrons. The van der Waals surface area contributed by atoms with Gasteiger partial charge in [-0.3, -0.25) is 0 Å². The molecule has 1 aromatic carbocycles. The topological polar surface area (TPSA) is 59.2 Å². The van der Waals surface area contributed by atoms with Crippen molar-refractivity contribution in [2.75, 3.05) is 0 Å². The van der Waals surface area contributed by atoms with Crippen molar-refractivity contribution in [2.45, 2.75) is 13.5 Å². The van der Waals surface area contributed by atoms with Gasteiger partial charge in [-0.1, -0.05) is 41.6 Å². The molecular weight excluding hydrogens is 204 g/mol. The second kappa shape index (κ2) is 4.28. The Hall–Kier alpha value is -1.94. The molecule has 82 valence electrons. The van der Waals surface area contributed by atoms with Crippen molar-refractivity contribution in [2.24, 2.45) is 0 Å². The number of aromatic nitrogens is 2. The van der Waals surface area contributed by atoms with Crippen molar-refractivity contribution >= 4 is 5.57 Å². The maximum absolute atomic E-state index is 8.81. The summed E-state index contributed by atoms with van der Waals surface area (Å²) >= 11 is 0. The van der Waals surface area contributed by atoms with Crippen LogP contribution in [0.15, 0.2) is 35.4 Å². The van der Waals surface area contributed by atoms with E-state index in [4.69, 9.17) is 9.63 Å². The third-order valence-corrected chi connectivity index (χ3v) is 2.24. The molecule has 0 aliphatic carbocycles. The molecule has 0 unspecified atom stereocenters. The van der Waals surface area contributed by atoms with E-state index in [1.165, 1.54) is 0 Å². The first-order chi connectivity index (χ1) is 7.70. The van der Waals surface area contributed by atoms with Gasteiger partial charge in [0.1, 0.15) is 6.61 Å². The maximum atomic E-state index is 8.81. The largest absolute Gasteiger partial charge is 0.387 e. The van der Waals surface area contributed by atoms with Gasteiger partial charge in [0.25, 0.3) is 5.89 Å². The van der Waals surface area contributed by atoms with Crippen LogP contribution in [0.5, 0.6) is 0 Å². The minimum Gasteiger partial charge on any atom is -0.387 e. The van der Waals surface area contributed by atoms with Gasteiger partial charge in [0.05, 0.1) is 0 Å². The summed E-state index contributed by atoms with van der Waals surface area (Å²) in [6, 6.07) is 7.70. The van der Waals surface area contributed by atoms with E-state index < -0.39 is 0 Å². The lowest BCUT2D eigenvalue weighted by molar-refractivity contribution is 0.222. The first-order valence-electron chi connectivity index (χ1n) is 4.90. The van der Waals surface area contributed by atoms with Crippen LogP contribution in [0.25, 0.3) is 17.0 Å². The van der Waals surface area contributed by atoms with Gasteiger partial charge in [-0.15, -0.1) is 0 Å². The zero-order valence-corrected chi connectivity index (χ0v) is 8.97. The molecule has 0 aliphatic rings. The minimum absolute atomic E-state index is 0.221. The molecule has 1 aromatic heterocycles. The van der Waals surface area contributed by atoms with Crippen molar-refractivity contribution in [3.8, 4) is 11.4 Å². The number of benzene rings is 1. The van der Waals surface area contributed by atoms with Crippen LogP contribution in [0.1, 0.15) is 18.4 Å². The summed E-state index contributed by atoms with van der Waals surface area (Å²) < 4.78 is 4.82.